The third-order valence-corrected chi connectivity index (χ3v) is 6.41. The molecule has 0 spiro atoms. The van der Waals surface area contributed by atoms with E-state index in [9.17, 15) is 19.5 Å². The molecule has 0 aromatic heterocycles. The lowest BCUT2D eigenvalue weighted by Gasteiger charge is -2.42. The number of carbonyl (C=O) groups excluding carboxylic acids is 3. The van der Waals surface area contributed by atoms with Crippen LogP contribution in [0.15, 0.2) is 54.6 Å². The zero-order valence-electron chi connectivity index (χ0n) is 20.1. The summed E-state index contributed by atoms with van der Waals surface area (Å²) in [7, 11) is 0. The van der Waals surface area contributed by atoms with E-state index >= 15 is 0 Å². The number of urea groups is 1. The smallest absolute Gasteiger partial charge is 0.315 e. The Hall–Kier alpha value is -3.59. The summed E-state index contributed by atoms with van der Waals surface area (Å²) in [6.07, 6.45) is 0.664. The zero-order valence-corrected chi connectivity index (χ0v) is 20.1. The van der Waals surface area contributed by atoms with Gasteiger partial charge in [-0.05, 0) is 50.1 Å². The lowest BCUT2D eigenvalue weighted by atomic mass is 10.0. The van der Waals surface area contributed by atoms with Crippen LogP contribution in [0.4, 0.5) is 4.79 Å². The average Bonchev–Trinajstić information content (AvgIpc) is 3.21. The highest BCUT2D eigenvalue weighted by molar-refractivity contribution is 5.94. The molecule has 2 fully saturated rings. The molecule has 9 nitrogen and oxygen atoms in total. The third-order valence-electron chi connectivity index (χ3n) is 6.41. The summed E-state index contributed by atoms with van der Waals surface area (Å²) in [6, 6.07) is 15.0. The molecule has 186 valence electrons. The van der Waals surface area contributed by atoms with Crippen LogP contribution in [0.5, 0.6) is 5.75 Å². The van der Waals surface area contributed by atoms with Crippen molar-refractivity contribution in [2.45, 2.75) is 51.0 Å². The molecule has 3 atom stereocenters. The summed E-state index contributed by atoms with van der Waals surface area (Å²) in [5.41, 5.74) is 1.42. The molecular formula is C26H33N5O4. The number of hydrogen-bond donors (Lipinski definition) is 4. The predicted molar refractivity (Wildman–Crippen MR) is 132 cm³/mol. The van der Waals surface area contributed by atoms with Gasteiger partial charge in [0.05, 0.1) is 6.04 Å². The van der Waals surface area contributed by atoms with Crippen LogP contribution >= 0.6 is 0 Å². The number of aromatic hydroxyl groups is 1. The number of benzene rings is 2. The van der Waals surface area contributed by atoms with Gasteiger partial charge in [-0.1, -0.05) is 30.3 Å². The Labute approximate surface area is 205 Å². The number of phenols is 1. The van der Waals surface area contributed by atoms with Gasteiger partial charge in [0, 0.05) is 43.8 Å². The minimum Gasteiger partial charge on any atom is -0.508 e. The van der Waals surface area contributed by atoms with Crippen LogP contribution in [0.2, 0.25) is 0 Å². The molecule has 2 heterocycles. The van der Waals surface area contributed by atoms with Crippen LogP contribution < -0.4 is 16.0 Å². The van der Waals surface area contributed by atoms with Gasteiger partial charge in [-0.15, -0.1) is 0 Å². The number of hydrogen-bond acceptors (Lipinski definition) is 5. The summed E-state index contributed by atoms with van der Waals surface area (Å²) in [4.78, 5) is 42.3. The van der Waals surface area contributed by atoms with Crippen molar-refractivity contribution in [2.24, 2.45) is 0 Å². The van der Waals surface area contributed by atoms with Crippen molar-refractivity contribution in [3.63, 3.8) is 0 Å². The van der Waals surface area contributed by atoms with Crippen LogP contribution in [0.25, 0.3) is 0 Å². The van der Waals surface area contributed by atoms with Gasteiger partial charge < -0.3 is 26.0 Å². The first-order valence-corrected chi connectivity index (χ1v) is 12.0. The highest BCUT2D eigenvalue weighted by Crippen LogP contribution is 2.28. The van der Waals surface area contributed by atoms with E-state index in [0.717, 1.165) is 5.56 Å². The molecule has 2 aromatic carbocycles. The molecule has 4 rings (SSSR count). The second-order valence-corrected chi connectivity index (χ2v) is 9.54. The standard InChI is InChI=1S/C26H33N5O4/c1-17(2)28-26(35)29-20-12-21-16-30(14-18-7-6-10-22(32)11-18)23(25(34)31(21)15-20)13-27-24(33)19-8-4-3-5-9-19/h3-11,17,20-21,23,32H,12-16H2,1-2H3,(H,27,33)(H2,28,29,35)/t20-,21-,23-/m0/s1. The Kier molecular flexibility index (Phi) is 7.55. The second-order valence-electron chi connectivity index (χ2n) is 9.54. The minimum atomic E-state index is -0.551. The Morgan fingerprint density at radius 2 is 1.86 bits per heavy atom. The molecule has 2 aromatic rings. The van der Waals surface area contributed by atoms with Crippen molar-refractivity contribution in [1.29, 1.82) is 0 Å². The quantitative estimate of drug-likeness (QED) is 0.483. The molecule has 2 aliphatic rings. The van der Waals surface area contributed by atoms with Crippen molar-refractivity contribution in [1.82, 2.24) is 25.8 Å². The number of carbonyl (C=O) groups is 3. The van der Waals surface area contributed by atoms with Gasteiger partial charge in [-0.3, -0.25) is 14.5 Å². The van der Waals surface area contributed by atoms with Gasteiger partial charge in [0.1, 0.15) is 11.8 Å². The van der Waals surface area contributed by atoms with E-state index in [1.807, 2.05) is 30.9 Å². The van der Waals surface area contributed by atoms with Gasteiger partial charge in [-0.25, -0.2) is 4.79 Å². The molecule has 2 saturated heterocycles. The van der Waals surface area contributed by atoms with Crippen LogP contribution in [0, 0.1) is 0 Å². The lowest BCUT2D eigenvalue weighted by Crippen LogP contribution is -2.62. The maximum Gasteiger partial charge on any atom is 0.315 e. The highest BCUT2D eigenvalue weighted by Gasteiger charge is 2.45. The number of nitrogens with zero attached hydrogens (tertiary/aromatic N) is 2. The molecule has 9 heteroatoms. The number of nitrogens with one attached hydrogen (secondary N) is 3. The molecule has 0 aliphatic carbocycles. The topological polar surface area (TPSA) is 114 Å². The van der Waals surface area contributed by atoms with E-state index in [1.165, 1.54) is 0 Å². The summed E-state index contributed by atoms with van der Waals surface area (Å²) < 4.78 is 0. The highest BCUT2D eigenvalue weighted by atomic mass is 16.3. The maximum atomic E-state index is 13.6. The van der Waals surface area contributed by atoms with E-state index in [2.05, 4.69) is 20.9 Å². The van der Waals surface area contributed by atoms with Gasteiger partial charge >= 0.3 is 6.03 Å². The molecule has 4 amide bonds. The third kappa shape index (κ3) is 6.10. The fourth-order valence-corrected chi connectivity index (χ4v) is 4.86. The van der Waals surface area contributed by atoms with Crippen LogP contribution in [0.1, 0.15) is 36.2 Å². The van der Waals surface area contributed by atoms with Crippen molar-refractivity contribution < 1.29 is 19.5 Å². The van der Waals surface area contributed by atoms with Crippen molar-refractivity contribution in [3.8, 4) is 5.75 Å². The van der Waals surface area contributed by atoms with Gasteiger partial charge in [0.2, 0.25) is 5.91 Å². The van der Waals surface area contributed by atoms with Crippen LogP contribution in [-0.4, -0.2) is 76.6 Å². The molecule has 0 unspecified atom stereocenters. The Balaban J connectivity index is 1.48. The predicted octanol–water partition coefficient (Wildman–Crippen LogP) is 1.68. The summed E-state index contributed by atoms with van der Waals surface area (Å²) >= 11 is 0. The Morgan fingerprint density at radius 3 is 2.57 bits per heavy atom. The first-order chi connectivity index (χ1) is 16.8. The molecular weight excluding hydrogens is 446 g/mol. The zero-order chi connectivity index (χ0) is 24.9. The first-order valence-electron chi connectivity index (χ1n) is 12.0. The molecule has 35 heavy (non-hydrogen) atoms. The molecule has 4 N–H and O–H groups in total. The van der Waals surface area contributed by atoms with Gasteiger partial charge in [0.25, 0.3) is 5.91 Å². The van der Waals surface area contributed by atoms with E-state index in [-0.39, 0.29) is 48.3 Å². The lowest BCUT2D eigenvalue weighted by molar-refractivity contribution is -0.143. The molecule has 0 bridgehead atoms. The number of amides is 4. The largest absolute Gasteiger partial charge is 0.508 e. The molecule has 0 saturated carbocycles. The summed E-state index contributed by atoms with van der Waals surface area (Å²) in [5, 5.41) is 18.6. The monoisotopic (exact) mass is 479 g/mol. The number of phenolic OH excluding ortho intramolecular Hbond substituents is 1. The fourth-order valence-electron chi connectivity index (χ4n) is 4.86. The van der Waals surface area contributed by atoms with E-state index in [0.29, 0.717) is 31.6 Å². The average molecular weight is 480 g/mol. The van der Waals surface area contributed by atoms with Gasteiger partial charge in [0.15, 0.2) is 0 Å². The Bertz CT molecular complexity index is 1060. The normalized spacial score (nSPS) is 22.1. The van der Waals surface area contributed by atoms with Crippen molar-refractivity contribution in [3.05, 3.63) is 65.7 Å². The summed E-state index contributed by atoms with van der Waals surface area (Å²) in [6.45, 7) is 5.47. The van der Waals surface area contributed by atoms with E-state index < -0.39 is 6.04 Å². The van der Waals surface area contributed by atoms with E-state index in [4.69, 9.17) is 0 Å². The van der Waals surface area contributed by atoms with Crippen molar-refractivity contribution >= 4 is 17.8 Å². The Morgan fingerprint density at radius 1 is 1.09 bits per heavy atom. The van der Waals surface area contributed by atoms with E-state index in [1.54, 1.807) is 42.5 Å². The minimum absolute atomic E-state index is 0.0241. The first kappa shape index (κ1) is 24.5. The van der Waals surface area contributed by atoms with Crippen LogP contribution in [0.3, 0.4) is 0 Å². The van der Waals surface area contributed by atoms with Crippen molar-refractivity contribution in [2.75, 3.05) is 19.6 Å². The molecule has 2 aliphatic heterocycles. The maximum absolute atomic E-state index is 13.6. The van der Waals surface area contributed by atoms with Gasteiger partial charge in [-0.2, -0.15) is 0 Å². The van der Waals surface area contributed by atoms with Crippen LogP contribution in [-0.2, 0) is 11.3 Å². The fraction of sp³-hybridized carbons (Fsp3) is 0.423. The number of fused-ring (bicyclic) bond motifs is 1. The second kappa shape index (κ2) is 10.8. The summed E-state index contributed by atoms with van der Waals surface area (Å²) in [5.74, 6) is -0.129. The number of piperazine rings is 1. The SMILES string of the molecule is CC(C)NC(=O)N[C@H]1C[C@H]2CN(Cc3cccc(O)c3)[C@@H](CNC(=O)c3ccccc3)C(=O)N2C1. The molecule has 0 radical (unpaired) electrons. The number of rotatable bonds is 7.